The van der Waals surface area contributed by atoms with Crippen molar-refractivity contribution in [2.24, 2.45) is 11.8 Å². The van der Waals surface area contributed by atoms with Gasteiger partial charge in [-0.05, 0) is 62.6 Å². The Morgan fingerprint density at radius 3 is 2.41 bits per heavy atom. The van der Waals surface area contributed by atoms with Crippen LogP contribution in [0, 0.1) is 11.8 Å². The molecular formula is C22H24N2O5. The maximum atomic E-state index is 12.7. The zero-order valence-corrected chi connectivity index (χ0v) is 16.6. The number of aromatic carboxylic acids is 1. The molecule has 3 N–H and O–H groups in total. The zero-order valence-electron chi connectivity index (χ0n) is 16.6. The van der Waals surface area contributed by atoms with Crippen LogP contribution in [0.15, 0.2) is 42.5 Å². The fourth-order valence-electron chi connectivity index (χ4n) is 2.97. The highest BCUT2D eigenvalue weighted by Gasteiger charge is 2.39. The van der Waals surface area contributed by atoms with Gasteiger partial charge >= 0.3 is 5.97 Å². The molecule has 1 saturated carbocycles. The molecule has 0 heterocycles. The highest BCUT2D eigenvalue weighted by Crippen LogP contribution is 2.38. The van der Waals surface area contributed by atoms with Gasteiger partial charge in [0.1, 0.15) is 5.75 Å². The molecule has 1 fully saturated rings. The summed E-state index contributed by atoms with van der Waals surface area (Å²) in [5.41, 5.74) is 1.18. The van der Waals surface area contributed by atoms with Gasteiger partial charge in [-0.1, -0.05) is 13.0 Å². The number of carbonyl (C=O) groups is 3. The van der Waals surface area contributed by atoms with E-state index in [0.717, 1.165) is 6.42 Å². The first-order valence-electron chi connectivity index (χ1n) is 9.51. The van der Waals surface area contributed by atoms with Crippen LogP contribution in [-0.4, -0.2) is 29.0 Å². The number of amides is 2. The third-order valence-corrected chi connectivity index (χ3v) is 4.68. The molecule has 0 saturated heterocycles. The van der Waals surface area contributed by atoms with Crippen LogP contribution in [0.3, 0.4) is 0 Å². The van der Waals surface area contributed by atoms with Crippen LogP contribution in [0.2, 0.25) is 0 Å². The maximum Gasteiger partial charge on any atom is 0.335 e. The topological polar surface area (TPSA) is 105 Å². The average molecular weight is 396 g/mol. The number of carboxylic acid groups (broad SMARTS) is 1. The molecule has 152 valence electrons. The molecule has 29 heavy (non-hydrogen) atoms. The van der Waals surface area contributed by atoms with Gasteiger partial charge in [-0.15, -0.1) is 0 Å². The molecule has 2 aromatic carbocycles. The highest BCUT2D eigenvalue weighted by atomic mass is 16.5. The fourth-order valence-corrected chi connectivity index (χ4v) is 2.97. The molecule has 0 aromatic heterocycles. The molecule has 7 nitrogen and oxygen atoms in total. The van der Waals surface area contributed by atoms with E-state index in [9.17, 15) is 19.5 Å². The molecule has 3 rings (SSSR count). The number of ether oxygens (including phenoxy) is 1. The summed E-state index contributed by atoms with van der Waals surface area (Å²) in [5.74, 6) is -0.778. The van der Waals surface area contributed by atoms with Gasteiger partial charge in [-0.2, -0.15) is 0 Å². The Hall–Kier alpha value is -3.35. The van der Waals surface area contributed by atoms with Gasteiger partial charge in [0.2, 0.25) is 5.91 Å². The lowest BCUT2D eigenvalue weighted by molar-refractivity contribution is -0.117. The van der Waals surface area contributed by atoms with Crippen LogP contribution in [0.1, 0.15) is 47.9 Å². The zero-order chi connectivity index (χ0) is 21.1. The standard InChI is InChI=1S/C22H24N2O5/c1-12(2)29-19-8-7-15(22(27)28)11-18(19)24-20(25)14-5-4-6-16(10-14)23-21(26)17-9-13(17)3/h4-8,10-13,17H,9H2,1-3H3,(H,23,26)(H,24,25)(H,27,28). The van der Waals surface area contributed by atoms with Gasteiger partial charge in [0.25, 0.3) is 5.91 Å². The first-order valence-corrected chi connectivity index (χ1v) is 9.51. The number of rotatable bonds is 7. The van der Waals surface area contributed by atoms with Crippen molar-refractivity contribution in [1.82, 2.24) is 0 Å². The lowest BCUT2D eigenvalue weighted by atomic mass is 10.1. The minimum Gasteiger partial charge on any atom is -0.489 e. The van der Waals surface area contributed by atoms with Crippen molar-refractivity contribution in [3.8, 4) is 5.75 Å². The molecule has 0 aliphatic heterocycles. The number of carbonyl (C=O) groups excluding carboxylic acids is 2. The normalized spacial score (nSPS) is 17.5. The van der Waals surface area contributed by atoms with Gasteiger partial charge in [-0.3, -0.25) is 9.59 Å². The van der Waals surface area contributed by atoms with Gasteiger partial charge in [0.15, 0.2) is 0 Å². The number of benzene rings is 2. The third kappa shape index (κ3) is 5.13. The van der Waals surface area contributed by atoms with Crippen molar-refractivity contribution in [2.45, 2.75) is 33.3 Å². The summed E-state index contributed by atoms with van der Waals surface area (Å²) in [4.78, 5) is 36.1. The minimum atomic E-state index is -1.10. The van der Waals surface area contributed by atoms with Gasteiger partial charge in [-0.25, -0.2) is 4.79 Å². The van der Waals surface area contributed by atoms with E-state index in [1.54, 1.807) is 24.3 Å². The van der Waals surface area contributed by atoms with Crippen molar-refractivity contribution in [3.05, 3.63) is 53.6 Å². The van der Waals surface area contributed by atoms with E-state index in [-0.39, 0.29) is 29.2 Å². The van der Waals surface area contributed by atoms with Gasteiger partial charge in [0.05, 0.1) is 17.4 Å². The van der Waals surface area contributed by atoms with E-state index in [4.69, 9.17) is 4.74 Å². The number of nitrogens with one attached hydrogen (secondary N) is 2. The number of anilines is 2. The molecule has 0 bridgehead atoms. The average Bonchev–Trinajstić information content (AvgIpc) is 3.39. The third-order valence-electron chi connectivity index (χ3n) is 4.68. The molecule has 2 amide bonds. The van der Waals surface area contributed by atoms with E-state index in [2.05, 4.69) is 10.6 Å². The van der Waals surface area contributed by atoms with Gasteiger partial charge in [0, 0.05) is 17.2 Å². The SMILES string of the molecule is CC(C)Oc1ccc(C(=O)O)cc1NC(=O)c1cccc(NC(=O)C2CC2C)c1. The van der Waals surface area contributed by atoms with Crippen molar-refractivity contribution >= 4 is 29.2 Å². The largest absolute Gasteiger partial charge is 0.489 e. The Kier molecular flexibility index (Phi) is 5.87. The molecular weight excluding hydrogens is 372 g/mol. The minimum absolute atomic E-state index is 0.0296. The van der Waals surface area contributed by atoms with Crippen LogP contribution < -0.4 is 15.4 Å². The molecule has 0 radical (unpaired) electrons. The second-order valence-corrected chi connectivity index (χ2v) is 7.53. The van der Waals surface area contributed by atoms with Crippen LogP contribution in [0.25, 0.3) is 0 Å². The Morgan fingerprint density at radius 1 is 1.07 bits per heavy atom. The first kappa shape index (κ1) is 20.4. The Balaban J connectivity index is 1.79. The summed E-state index contributed by atoms with van der Waals surface area (Å²) in [7, 11) is 0. The summed E-state index contributed by atoms with van der Waals surface area (Å²) >= 11 is 0. The molecule has 0 spiro atoms. The van der Waals surface area contributed by atoms with Crippen molar-refractivity contribution < 1.29 is 24.2 Å². The molecule has 2 atom stereocenters. The Bertz CT molecular complexity index is 954. The number of hydrogen-bond acceptors (Lipinski definition) is 4. The predicted octanol–water partition coefficient (Wildman–Crippen LogP) is 4.02. The monoisotopic (exact) mass is 396 g/mol. The van der Waals surface area contributed by atoms with E-state index in [1.165, 1.54) is 18.2 Å². The van der Waals surface area contributed by atoms with E-state index in [1.807, 2.05) is 20.8 Å². The highest BCUT2D eigenvalue weighted by molar-refractivity contribution is 6.06. The second kappa shape index (κ2) is 8.34. The first-order chi connectivity index (χ1) is 13.7. The molecule has 1 aliphatic rings. The van der Waals surface area contributed by atoms with Crippen LogP contribution in [0.5, 0.6) is 5.75 Å². The second-order valence-electron chi connectivity index (χ2n) is 7.53. The summed E-state index contributed by atoms with van der Waals surface area (Å²) in [6.45, 7) is 5.70. The number of hydrogen-bond donors (Lipinski definition) is 3. The van der Waals surface area contributed by atoms with Crippen molar-refractivity contribution in [3.63, 3.8) is 0 Å². The van der Waals surface area contributed by atoms with Crippen LogP contribution in [0.4, 0.5) is 11.4 Å². The van der Waals surface area contributed by atoms with Gasteiger partial charge < -0.3 is 20.5 Å². The summed E-state index contributed by atoms with van der Waals surface area (Å²) in [6.07, 6.45) is 0.731. The van der Waals surface area contributed by atoms with E-state index < -0.39 is 11.9 Å². The summed E-state index contributed by atoms with van der Waals surface area (Å²) in [6, 6.07) is 10.9. The van der Waals surface area contributed by atoms with Crippen molar-refractivity contribution in [1.29, 1.82) is 0 Å². The van der Waals surface area contributed by atoms with E-state index in [0.29, 0.717) is 22.9 Å². The molecule has 2 unspecified atom stereocenters. The van der Waals surface area contributed by atoms with E-state index >= 15 is 0 Å². The molecule has 1 aliphatic carbocycles. The summed E-state index contributed by atoms with van der Waals surface area (Å²) in [5, 5.41) is 14.8. The lowest BCUT2D eigenvalue weighted by Crippen LogP contribution is -2.17. The van der Waals surface area contributed by atoms with Crippen LogP contribution in [-0.2, 0) is 4.79 Å². The summed E-state index contributed by atoms with van der Waals surface area (Å²) < 4.78 is 5.67. The Morgan fingerprint density at radius 2 is 1.79 bits per heavy atom. The fraction of sp³-hybridized carbons (Fsp3) is 0.318. The molecule has 2 aromatic rings. The smallest absolute Gasteiger partial charge is 0.335 e. The predicted molar refractivity (Wildman–Crippen MR) is 109 cm³/mol. The lowest BCUT2D eigenvalue weighted by Gasteiger charge is -2.16. The maximum absolute atomic E-state index is 12.7. The quantitative estimate of drug-likeness (QED) is 0.656. The van der Waals surface area contributed by atoms with Crippen molar-refractivity contribution in [2.75, 3.05) is 10.6 Å². The Labute approximate surface area is 169 Å². The number of carboxylic acids is 1. The van der Waals surface area contributed by atoms with Crippen LogP contribution >= 0.6 is 0 Å². The molecule has 7 heteroatoms.